The summed E-state index contributed by atoms with van der Waals surface area (Å²) in [6.07, 6.45) is 3.03. The molecule has 2 N–H and O–H groups in total. The van der Waals surface area contributed by atoms with E-state index in [0.29, 0.717) is 19.1 Å². The molecule has 5 nitrogen and oxygen atoms in total. The van der Waals surface area contributed by atoms with Gasteiger partial charge in [-0.3, -0.25) is 9.59 Å². The first-order valence-electron chi connectivity index (χ1n) is 9.88. The Kier molecular flexibility index (Phi) is 6.57. The lowest BCUT2D eigenvalue weighted by Crippen LogP contribution is -3.11. The number of likely N-dealkylation sites (N-methyl/N-ethyl adjacent to an activating group) is 1. The van der Waals surface area contributed by atoms with Crippen LogP contribution in [0.15, 0.2) is 30.3 Å². The minimum atomic E-state index is 0.0289. The standard InChI is InChI=1S/C22H28ClN3O2/c1-15-12-20(21(27)13-25(3)14-22(28)24-19-8-9-19)16(2)26(15)11-10-17-4-6-18(23)7-5-17/h4-7,12,19H,8-11,13-14H2,1-3H3,(H,24,28)/p+1. The maximum Gasteiger partial charge on any atom is 0.275 e. The molecule has 1 unspecified atom stereocenters. The molecule has 1 aromatic carbocycles. The number of Topliss-reactive ketones (excluding diaryl/α,β-unsaturated/α-hetero) is 1. The number of hydrogen-bond acceptors (Lipinski definition) is 2. The summed E-state index contributed by atoms with van der Waals surface area (Å²) >= 11 is 5.95. The third-order valence-corrected chi connectivity index (χ3v) is 5.53. The second kappa shape index (κ2) is 8.93. The number of benzene rings is 1. The van der Waals surface area contributed by atoms with Gasteiger partial charge in [-0.2, -0.15) is 0 Å². The number of quaternary nitrogens is 1. The molecule has 0 aliphatic heterocycles. The summed E-state index contributed by atoms with van der Waals surface area (Å²) in [4.78, 5) is 25.6. The SMILES string of the molecule is Cc1cc(C(=O)C[NH+](C)CC(=O)NC2CC2)c(C)n1CCc1ccc(Cl)cc1. The van der Waals surface area contributed by atoms with E-state index >= 15 is 0 Å². The highest BCUT2D eigenvalue weighted by Crippen LogP contribution is 2.18. The number of aromatic nitrogens is 1. The quantitative estimate of drug-likeness (QED) is 0.630. The number of hydrogen-bond donors (Lipinski definition) is 2. The zero-order valence-corrected chi connectivity index (χ0v) is 17.6. The molecule has 1 heterocycles. The van der Waals surface area contributed by atoms with E-state index in [0.717, 1.165) is 52.7 Å². The van der Waals surface area contributed by atoms with E-state index in [1.165, 1.54) is 5.56 Å². The lowest BCUT2D eigenvalue weighted by atomic mass is 10.1. The Hall–Kier alpha value is -2.11. The van der Waals surface area contributed by atoms with Crippen LogP contribution in [0, 0.1) is 13.8 Å². The van der Waals surface area contributed by atoms with Crippen LogP contribution in [0.2, 0.25) is 5.02 Å². The van der Waals surface area contributed by atoms with E-state index in [1.54, 1.807) is 0 Å². The Morgan fingerprint density at radius 1 is 1.18 bits per heavy atom. The molecule has 0 bridgehead atoms. The summed E-state index contributed by atoms with van der Waals surface area (Å²) in [5.41, 5.74) is 4.05. The minimum absolute atomic E-state index is 0.0289. The summed E-state index contributed by atoms with van der Waals surface area (Å²) in [5, 5.41) is 3.71. The lowest BCUT2D eigenvalue weighted by molar-refractivity contribution is -0.862. The van der Waals surface area contributed by atoms with Gasteiger partial charge in [0.2, 0.25) is 5.78 Å². The average Bonchev–Trinajstić information content (AvgIpc) is 3.39. The number of nitrogens with one attached hydrogen (secondary N) is 2. The number of rotatable bonds is 9. The van der Waals surface area contributed by atoms with Crippen LogP contribution in [-0.2, 0) is 17.8 Å². The molecule has 1 aliphatic rings. The van der Waals surface area contributed by atoms with Crippen LogP contribution in [-0.4, -0.2) is 42.4 Å². The van der Waals surface area contributed by atoms with Crippen molar-refractivity contribution in [1.29, 1.82) is 0 Å². The van der Waals surface area contributed by atoms with Crippen molar-refractivity contribution < 1.29 is 14.5 Å². The second-order valence-electron chi connectivity index (χ2n) is 7.89. The molecule has 1 saturated carbocycles. The molecule has 3 rings (SSSR count). The Balaban J connectivity index is 1.58. The van der Waals surface area contributed by atoms with Crippen LogP contribution in [0.1, 0.15) is 40.2 Å². The van der Waals surface area contributed by atoms with Crippen molar-refractivity contribution in [2.75, 3.05) is 20.1 Å². The largest absolute Gasteiger partial charge is 0.348 e. The number of aryl methyl sites for hydroxylation is 2. The maximum absolute atomic E-state index is 12.8. The number of carbonyl (C=O) groups excluding carboxylic acids is 2. The van der Waals surface area contributed by atoms with Crippen LogP contribution < -0.4 is 10.2 Å². The van der Waals surface area contributed by atoms with Gasteiger partial charge in [-0.25, -0.2) is 0 Å². The van der Waals surface area contributed by atoms with Gasteiger partial charge in [-0.05, 0) is 56.9 Å². The molecule has 0 saturated heterocycles. The Morgan fingerprint density at radius 2 is 1.86 bits per heavy atom. The first-order chi connectivity index (χ1) is 13.3. The molecule has 1 atom stereocenters. The van der Waals surface area contributed by atoms with Gasteiger partial charge in [0.25, 0.3) is 5.91 Å². The highest BCUT2D eigenvalue weighted by molar-refractivity contribution is 6.30. The summed E-state index contributed by atoms with van der Waals surface area (Å²) in [6.45, 7) is 5.50. The van der Waals surface area contributed by atoms with Crippen molar-refractivity contribution in [1.82, 2.24) is 9.88 Å². The molecule has 0 spiro atoms. The second-order valence-corrected chi connectivity index (χ2v) is 8.32. The minimum Gasteiger partial charge on any atom is -0.348 e. The third-order valence-electron chi connectivity index (χ3n) is 5.28. The number of carbonyl (C=O) groups is 2. The lowest BCUT2D eigenvalue weighted by Gasteiger charge is -2.13. The van der Waals surface area contributed by atoms with Gasteiger partial charge in [0, 0.05) is 34.6 Å². The molecule has 6 heteroatoms. The molecule has 1 aromatic heterocycles. The van der Waals surface area contributed by atoms with Crippen molar-refractivity contribution in [2.45, 2.75) is 45.7 Å². The third kappa shape index (κ3) is 5.46. The molecule has 1 aliphatic carbocycles. The van der Waals surface area contributed by atoms with Crippen LogP contribution in [0.5, 0.6) is 0 Å². The highest BCUT2D eigenvalue weighted by Gasteiger charge is 2.25. The van der Waals surface area contributed by atoms with E-state index in [2.05, 4.69) is 9.88 Å². The monoisotopic (exact) mass is 402 g/mol. The van der Waals surface area contributed by atoms with Gasteiger partial charge < -0.3 is 14.8 Å². The van der Waals surface area contributed by atoms with Gasteiger partial charge in [0.1, 0.15) is 6.54 Å². The number of halogens is 1. The molecule has 28 heavy (non-hydrogen) atoms. The van der Waals surface area contributed by atoms with Crippen LogP contribution in [0.25, 0.3) is 0 Å². The van der Waals surface area contributed by atoms with E-state index < -0.39 is 0 Å². The van der Waals surface area contributed by atoms with E-state index in [9.17, 15) is 9.59 Å². The zero-order chi connectivity index (χ0) is 20.3. The molecule has 1 fully saturated rings. The summed E-state index contributed by atoms with van der Waals surface area (Å²) in [7, 11) is 1.89. The predicted octanol–water partition coefficient (Wildman–Crippen LogP) is 1.98. The van der Waals surface area contributed by atoms with Crippen molar-refractivity contribution in [2.24, 2.45) is 0 Å². The van der Waals surface area contributed by atoms with Crippen LogP contribution >= 0.6 is 11.6 Å². The predicted molar refractivity (Wildman–Crippen MR) is 111 cm³/mol. The van der Waals surface area contributed by atoms with Gasteiger partial charge in [-0.15, -0.1) is 0 Å². The molecular weight excluding hydrogens is 374 g/mol. The molecule has 1 amide bonds. The van der Waals surface area contributed by atoms with E-state index in [1.807, 2.05) is 51.2 Å². The maximum atomic E-state index is 12.8. The number of nitrogens with zero attached hydrogens (tertiary/aromatic N) is 1. The normalized spacial score (nSPS) is 14.7. The van der Waals surface area contributed by atoms with Crippen LogP contribution in [0.3, 0.4) is 0 Å². The molecule has 2 aromatic rings. The molecule has 0 radical (unpaired) electrons. The topological polar surface area (TPSA) is 55.5 Å². The zero-order valence-electron chi connectivity index (χ0n) is 16.8. The number of amides is 1. The van der Waals surface area contributed by atoms with Crippen LogP contribution in [0.4, 0.5) is 0 Å². The first kappa shape index (κ1) is 20.6. The fourth-order valence-corrected chi connectivity index (χ4v) is 3.66. The van der Waals surface area contributed by atoms with Gasteiger partial charge in [0.15, 0.2) is 6.54 Å². The summed E-state index contributed by atoms with van der Waals surface area (Å²) in [6, 6.07) is 10.2. The van der Waals surface area contributed by atoms with Crippen molar-refractivity contribution in [3.05, 3.63) is 57.9 Å². The van der Waals surface area contributed by atoms with Crippen molar-refractivity contribution in [3.63, 3.8) is 0 Å². The fraction of sp³-hybridized carbons (Fsp3) is 0.455. The van der Waals surface area contributed by atoms with E-state index in [4.69, 9.17) is 11.6 Å². The summed E-state index contributed by atoms with van der Waals surface area (Å²) in [5.74, 6) is 0.115. The molecule has 150 valence electrons. The van der Waals surface area contributed by atoms with Crippen molar-refractivity contribution in [3.8, 4) is 0 Å². The number of ketones is 1. The Bertz CT molecular complexity index is 853. The van der Waals surface area contributed by atoms with Crippen molar-refractivity contribution >= 4 is 23.3 Å². The first-order valence-corrected chi connectivity index (χ1v) is 10.3. The van der Waals surface area contributed by atoms with E-state index in [-0.39, 0.29) is 11.7 Å². The van der Waals surface area contributed by atoms with Gasteiger partial charge in [-0.1, -0.05) is 23.7 Å². The Morgan fingerprint density at radius 3 is 2.50 bits per heavy atom. The fourth-order valence-electron chi connectivity index (χ4n) is 3.53. The average molecular weight is 403 g/mol. The smallest absolute Gasteiger partial charge is 0.275 e. The highest BCUT2D eigenvalue weighted by atomic mass is 35.5. The van der Waals surface area contributed by atoms with Gasteiger partial charge in [0.05, 0.1) is 7.05 Å². The summed E-state index contributed by atoms with van der Waals surface area (Å²) < 4.78 is 2.19. The molecular formula is C22H29ClN3O2+. The van der Waals surface area contributed by atoms with Gasteiger partial charge >= 0.3 is 0 Å². The Labute approximate surface area is 171 Å².